The third-order valence-electron chi connectivity index (χ3n) is 6.11. The van der Waals surface area contributed by atoms with Crippen LogP contribution in [0.1, 0.15) is 31.9 Å². The van der Waals surface area contributed by atoms with Gasteiger partial charge >= 0.3 is 12.3 Å². The Labute approximate surface area is 239 Å². The largest absolute Gasteiger partial charge is 0.444 e. The van der Waals surface area contributed by atoms with Gasteiger partial charge in [0, 0.05) is 6.42 Å². The van der Waals surface area contributed by atoms with E-state index in [9.17, 15) is 27.2 Å². The van der Waals surface area contributed by atoms with Gasteiger partial charge in [-0.2, -0.15) is 13.2 Å². The van der Waals surface area contributed by atoms with Crippen molar-refractivity contribution in [2.24, 2.45) is 0 Å². The van der Waals surface area contributed by atoms with Gasteiger partial charge in [-0.3, -0.25) is 4.79 Å². The quantitative estimate of drug-likeness (QED) is 0.233. The molecule has 1 heterocycles. The highest BCUT2D eigenvalue weighted by Crippen LogP contribution is 2.34. The van der Waals surface area contributed by atoms with Crippen molar-refractivity contribution in [1.82, 2.24) is 10.6 Å². The maximum Gasteiger partial charge on any atom is 0.416 e. The second kappa shape index (κ2) is 11.9. The molecule has 0 saturated carbocycles. The summed E-state index contributed by atoms with van der Waals surface area (Å²) in [6.45, 7) is 5.04. The Morgan fingerprint density at radius 1 is 0.976 bits per heavy atom. The Kier molecular flexibility index (Phi) is 8.67. The molecule has 7 nitrogen and oxygen atoms in total. The molecule has 2 atom stereocenters. The molecule has 0 bridgehead atoms. The number of nitrogens with one attached hydrogen (secondary N) is 4. The Morgan fingerprint density at radius 3 is 2.34 bits per heavy atom. The number of amides is 2. The molecule has 0 spiro atoms. The van der Waals surface area contributed by atoms with E-state index in [0.717, 1.165) is 34.6 Å². The molecule has 218 valence electrons. The summed E-state index contributed by atoms with van der Waals surface area (Å²) in [6, 6.07) is 13.3. The maximum absolute atomic E-state index is 13.6. The van der Waals surface area contributed by atoms with E-state index in [0.29, 0.717) is 0 Å². The second-order valence-electron chi connectivity index (χ2n) is 10.6. The van der Waals surface area contributed by atoms with Gasteiger partial charge in [0.05, 0.1) is 28.5 Å². The number of hydrogen-bond acceptors (Lipinski definition) is 5. The predicted octanol–water partition coefficient (Wildman–Crippen LogP) is 6.58. The first kappa shape index (κ1) is 30.0. The van der Waals surface area contributed by atoms with Crippen LogP contribution in [0, 0.1) is 5.82 Å². The number of halogens is 5. The lowest BCUT2D eigenvalue weighted by Crippen LogP contribution is -2.51. The van der Waals surface area contributed by atoms with Crippen molar-refractivity contribution >= 4 is 35.0 Å². The highest BCUT2D eigenvalue weighted by atomic mass is 35.5. The van der Waals surface area contributed by atoms with Crippen LogP contribution in [0.5, 0.6) is 0 Å². The van der Waals surface area contributed by atoms with E-state index in [1.165, 1.54) is 24.3 Å². The number of alkyl halides is 3. The SMILES string of the molecule is CC(C)(C)OC(=O)N[C@H](Cc1cccc(C(F)(F)F)c1)C(=O)NCC1Nc2ccc(-c3ccc(F)c(Cl)c3)cc2N1. The number of benzene rings is 3. The average molecular weight is 593 g/mol. The van der Waals surface area contributed by atoms with Crippen LogP contribution in [-0.4, -0.2) is 36.4 Å². The summed E-state index contributed by atoms with van der Waals surface area (Å²) in [5, 5.41) is 11.7. The number of carbonyl (C=O) groups is 2. The van der Waals surface area contributed by atoms with Crippen molar-refractivity contribution in [3.8, 4) is 11.1 Å². The lowest BCUT2D eigenvalue weighted by Gasteiger charge is -2.24. The van der Waals surface area contributed by atoms with Crippen molar-refractivity contribution in [2.45, 2.75) is 51.2 Å². The number of alkyl carbamates (subject to hydrolysis) is 1. The van der Waals surface area contributed by atoms with Crippen LogP contribution in [0.2, 0.25) is 5.02 Å². The molecular formula is C29H29ClF4N4O3. The zero-order valence-electron chi connectivity index (χ0n) is 22.5. The highest BCUT2D eigenvalue weighted by Gasteiger charge is 2.31. The first-order chi connectivity index (χ1) is 19.2. The van der Waals surface area contributed by atoms with Gasteiger partial charge in [0.2, 0.25) is 5.91 Å². The summed E-state index contributed by atoms with van der Waals surface area (Å²) >= 11 is 5.91. The van der Waals surface area contributed by atoms with E-state index < -0.39 is 47.4 Å². The van der Waals surface area contributed by atoms with Crippen LogP contribution in [-0.2, 0) is 22.1 Å². The smallest absolute Gasteiger partial charge is 0.416 e. The molecule has 0 fully saturated rings. The van der Waals surface area contributed by atoms with Crippen molar-refractivity contribution in [3.63, 3.8) is 0 Å². The zero-order chi connectivity index (χ0) is 29.9. The molecule has 3 aromatic rings. The molecule has 1 unspecified atom stereocenters. The van der Waals surface area contributed by atoms with Gasteiger partial charge in [-0.05, 0) is 67.8 Å². The topological polar surface area (TPSA) is 91.5 Å². The van der Waals surface area contributed by atoms with E-state index in [1.807, 2.05) is 18.2 Å². The zero-order valence-corrected chi connectivity index (χ0v) is 23.2. The van der Waals surface area contributed by atoms with Gasteiger partial charge in [0.15, 0.2) is 0 Å². The Bertz CT molecular complexity index is 1440. The summed E-state index contributed by atoms with van der Waals surface area (Å²) in [7, 11) is 0. The molecule has 3 aromatic carbocycles. The van der Waals surface area contributed by atoms with Crippen molar-refractivity contribution in [3.05, 3.63) is 82.6 Å². The number of hydrogen-bond donors (Lipinski definition) is 4. The molecule has 0 aliphatic carbocycles. The van der Waals surface area contributed by atoms with Crippen molar-refractivity contribution in [2.75, 3.05) is 17.2 Å². The van der Waals surface area contributed by atoms with E-state index in [4.69, 9.17) is 16.3 Å². The molecule has 0 saturated heterocycles. The van der Waals surface area contributed by atoms with Crippen LogP contribution >= 0.6 is 11.6 Å². The molecule has 0 radical (unpaired) electrons. The van der Waals surface area contributed by atoms with Gasteiger partial charge in [-0.1, -0.05) is 41.9 Å². The summed E-state index contributed by atoms with van der Waals surface area (Å²) in [4.78, 5) is 25.6. The van der Waals surface area contributed by atoms with Gasteiger partial charge in [0.25, 0.3) is 0 Å². The summed E-state index contributed by atoms with van der Waals surface area (Å²) < 4.78 is 58.5. The fourth-order valence-corrected chi connectivity index (χ4v) is 4.43. The van der Waals surface area contributed by atoms with Gasteiger partial charge in [0.1, 0.15) is 23.6 Å². The van der Waals surface area contributed by atoms with Crippen LogP contribution in [0.25, 0.3) is 11.1 Å². The van der Waals surface area contributed by atoms with E-state index >= 15 is 0 Å². The van der Waals surface area contributed by atoms with Crippen LogP contribution < -0.4 is 21.3 Å². The molecular weight excluding hydrogens is 564 g/mol. The first-order valence-corrected chi connectivity index (χ1v) is 13.1. The molecule has 41 heavy (non-hydrogen) atoms. The maximum atomic E-state index is 13.6. The minimum atomic E-state index is -4.55. The molecule has 12 heteroatoms. The van der Waals surface area contributed by atoms with Crippen LogP contribution in [0.3, 0.4) is 0 Å². The number of fused-ring (bicyclic) bond motifs is 1. The first-order valence-electron chi connectivity index (χ1n) is 12.7. The molecule has 4 N–H and O–H groups in total. The highest BCUT2D eigenvalue weighted by molar-refractivity contribution is 6.31. The third kappa shape index (κ3) is 8.03. The Balaban J connectivity index is 1.43. The third-order valence-corrected chi connectivity index (χ3v) is 6.40. The summed E-state index contributed by atoms with van der Waals surface area (Å²) in [5.41, 5.74) is 1.56. The average Bonchev–Trinajstić information content (AvgIpc) is 3.29. The molecule has 1 aliphatic heterocycles. The standard InChI is InChI=1S/C29H29ClF4N4O3/c1-28(2,3)41-27(40)38-24(12-16-5-4-6-19(11-16)29(32,33)34)26(39)35-15-25-36-22-10-8-18(14-23(22)37-25)17-7-9-21(31)20(30)13-17/h4-11,13-14,24-25,36-37H,12,15H2,1-3H3,(H,35,39)(H,38,40)/t24-,25?/m1/s1. The van der Waals surface area contributed by atoms with Gasteiger partial charge in [-0.25, -0.2) is 9.18 Å². The summed E-state index contributed by atoms with van der Waals surface area (Å²) in [6.07, 6.45) is -6.03. The fraction of sp³-hybridized carbons (Fsp3) is 0.310. The van der Waals surface area contributed by atoms with Crippen molar-refractivity contribution in [1.29, 1.82) is 0 Å². The van der Waals surface area contributed by atoms with Crippen LogP contribution in [0.15, 0.2) is 60.7 Å². The number of anilines is 2. The lowest BCUT2D eigenvalue weighted by molar-refractivity contribution is -0.137. The van der Waals surface area contributed by atoms with Gasteiger partial charge in [-0.15, -0.1) is 0 Å². The molecule has 2 amide bonds. The Hall–Kier alpha value is -3.99. The van der Waals surface area contributed by atoms with Crippen molar-refractivity contribution < 1.29 is 31.9 Å². The number of carbonyl (C=O) groups excluding carboxylic acids is 2. The van der Waals surface area contributed by atoms with Gasteiger partial charge < -0.3 is 26.0 Å². The normalized spacial score (nSPS) is 15.3. The minimum absolute atomic E-state index is 0.00866. The fourth-order valence-electron chi connectivity index (χ4n) is 4.25. The number of ether oxygens (including phenoxy) is 1. The van der Waals surface area contributed by atoms with E-state index in [1.54, 1.807) is 26.8 Å². The van der Waals surface area contributed by atoms with Crippen LogP contribution in [0.4, 0.5) is 33.7 Å². The van der Waals surface area contributed by atoms with E-state index in [-0.39, 0.29) is 23.6 Å². The molecule has 0 aromatic heterocycles. The predicted molar refractivity (Wildman–Crippen MR) is 149 cm³/mol. The summed E-state index contributed by atoms with van der Waals surface area (Å²) in [5.74, 6) is -1.12. The minimum Gasteiger partial charge on any atom is -0.444 e. The lowest BCUT2D eigenvalue weighted by atomic mass is 10.0. The molecule has 4 rings (SSSR count). The Morgan fingerprint density at radius 2 is 1.66 bits per heavy atom. The molecule has 1 aliphatic rings. The second-order valence-corrected chi connectivity index (χ2v) is 11.0. The monoisotopic (exact) mass is 592 g/mol. The van der Waals surface area contributed by atoms with E-state index in [2.05, 4.69) is 21.3 Å². The number of rotatable bonds is 7.